The van der Waals surface area contributed by atoms with E-state index in [2.05, 4.69) is 58.5 Å². The van der Waals surface area contributed by atoms with Crippen LogP contribution in [0.1, 0.15) is 120 Å². The number of primary amides is 1. The van der Waals surface area contributed by atoms with Crippen LogP contribution in [0.3, 0.4) is 0 Å². The van der Waals surface area contributed by atoms with Crippen molar-refractivity contribution >= 4 is 70.9 Å². The summed E-state index contributed by atoms with van der Waals surface area (Å²) in [6, 6.07) is -6.00. The molecule has 2 rings (SSSR count). The van der Waals surface area contributed by atoms with E-state index in [0.29, 0.717) is 19.3 Å². The summed E-state index contributed by atoms with van der Waals surface area (Å²) in [5.41, 5.74) is 6.29. The van der Waals surface area contributed by atoms with Crippen LogP contribution in [0.5, 0.6) is 0 Å². The number of likely N-dealkylation sites (N-methyl/N-ethyl adjacent to an activating group) is 1. The number of aliphatic hydroxyl groups is 2. The van der Waals surface area contributed by atoms with Gasteiger partial charge in [-0.2, -0.15) is 0 Å². The van der Waals surface area contributed by atoms with E-state index in [1.807, 2.05) is 30.3 Å². The minimum atomic E-state index is -1.80. The van der Waals surface area contributed by atoms with Crippen molar-refractivity contribution in [2.24, 2.45) is 29.4 Å². The van der Waals surface area contributed by atoms with E-state index in [1.165, 1.54) is 20.8 Å². The van der Waals surface area contributed by atoms with E-state index in [9.17, 15) is 67.7 Å². The molecule has 1 aromatic carbocycles. The second-order valence-electron chi connectivity index (χ2n) is 21.2. The van der Waals surface area contributed by atoms with E-state index >= 15 is 0 Å². The molecule has 11 amide bonds. The van der Waals surface area contributed by atoms with E-state index in [1.54, 1.807) is 62.4 Å². The van der Waals surface area contributed by atoms with Crippen LogP contribution < -0.4 is 64.2 Å². The molecule has 1 fully saturated rings. The molecule has 1 aliphatic rings. The van der Waals surface area contributed by atoms with Crippen molar-refractivity contribution in [2.75, 3.05) is 20.3 Å². The number of nitrogens with one attached hydrogen (secondary N) is 11. The second kappa shape index (κ2) is 34.9. The molecule has 0 aromatic heterocycles. The van der Waals surface area contributed by atoms with Crippen LogP contribution in [-0.2, 0) is 68.7 Å². The first-order valence-corrected chi connectivity index (χ1v) is 28.1. The maximum absolute atomic E-state index is 14.3. The van der Waals surface area contributed by atoms with Crippen LogP contribution in [0, 0.1) is 23.7 Å². The van der Waals surface area contributed by atoms with Gasteiger partial charge in [-0.25, -0.2) is 4.79 Å². The highest BCUT2D eigenvalue weighted by molar-refractivity contribution is 5.99. The molecule has 15 N–H and O–H groups in total. The zero-order chi connectivity index (χ0) is 62.1. The lowest BCUT2D eigenvalue weighted by Crippen LogP contribution is -2.63. The Morgan fingerprint density at radius 1 is 0.561 bits per heavy atom. The Balaban J connectivity index is 2.38. The molecule has 1 heterocycles. The maximum atomic E-state index is 14.3. The molecule has 27 nitrogen and oxygen atoms in total. The molecule has 82 heavy (non-hydrogen) atoms. The summed E-state index contributed by atoms with van der Waals surface area (Å²) in [5, 5.41) is 48.9. The fourth-order valence-corrected chi connectivity index (χ4v) is 8.47. The largest absolute Gasteiger partial charge is 0.458 e. The van der Waals surface area contributed by atoms with Crippen LogP contribution >= 0.6 is 0 Å². The van der Waals surface area contributed by atoms with Crippen molar-refractivity contribution in [2.45, 2.75) is 194 Å². The van der Waals surface area contributed by atoms with Gasteiger partial charge in [0.15, 0.2) is 0 Å². The van der Waals surface area contributed by atoms with E-state index in [-0.39, 0.29) is 12.8 Å². The smallest absolute Gasteiger partial charge is 0.329 e. The summed E-state index contributed by atoms with van der Waals surface area (Å²) in [7, 11) is 1.60. The molecular weight excluding hydrogens is 1070 g/mol. The number of ether oxygens (including phenoxy) is 1. The number of nitrogens with two attached hydrogens (primary N) is 1. The Hall–Kier alpha value is -7.26. The molecule has 0 radical (unpaired) electrons. The molecule has 0 spiro atoms. The molecule has 0 bridgehead atoms. The van der Waals surface area contributed by atoms with Gasteiger partial charge < -0.3 is 79.2 Å². The highest BCUT2D eigenvalue weighted by Crippen LogP contribution is 2.17. The van der Waals surface area contributed by atoms with Gasteiger partial charge >= 0.3 is 5.97 Å². The highest BCUT2D eigenvalue weighted by Gasteiger charge is 2.40. The summed E-state index contributed by atoms with van der Waals surface area (Å²) in [5.74, 6) is -12.9. The highest BCUT2D eigenvalue weighted by atomic mass is 16.5. The summed E-state index contributed by atoms with van der Waals surface area (Å²) in [6.07, 6.45) is -0.625. The van der Waals surface area contributed by atoms with Gasteiger partial charge in [-0.1, -0.05) is 111 Å². The third-order valence-corrected chi connectivity index (χ3v) is 14.9. The Labute approximate surface area is 479 Å². The summed E-state index contributed by atoms with van der Waals surface area (Å²) < 4.78 is 5.63. The second-order valence-corrected chi connectivity index (χ2v) is 21.2. The van der Waals surface area contributed by atoms with Gasteiger partial charge in [0.1, 0.15) is 66.5 Å². The molecule has 0 unspecified atom stereocenters. The lowest BCUT2D eigenvalue weighted by atomic mass is 9.94. The van der Waals surface area contributed by atoms with Crippen molar-refractivity contribution in [1.29, 1.82) is 0 Å². The maximum Gasteiger partial charge on any atom is 0.329 e. The SMILES string of the molecule is CC[C@H](C)[C@H](NC(=O)[C@@H](Cc1ccccc1)NC)C(=O)N[C@@H](CO)C(=O)N[C@H](CCC(N)=O)C(=O)N[C@@H](C(=O)N[C@H](C(=O)N[C@@H](CO)C(=O)N[C@H]1C(=O)N[C@@H](C)C(=O)N[C@@H](C)C(=O)N[C@@H]([C@@H](C)CC)C(=O)O[C@H]1C)[C@@H](C)CC)[C@@H](C)CC. The molecule has 1 aromatic rings. The Kier molecular flexibility index (Phi) is 30.1. The average Bonchev–Trinajstić information content (AvgIpc) is 3.49. The van der Waals surface area contributed by atoms with Crippen molar-refractivity contribution in [3.63, 3.8) is 0 Å². The van der Waals surface area contributed by atoms with Crippen molar-refractivity contribution < 1.29 is 72.5 Å². The van der Waals surface area contributed by atoms with Crippen LogP contribution in [0.2, 0.25) is 0 Å². The first-order chi connectivity index (χ1) is 38.6. The minimum Gasteiger partial charge on any atom is -0.458 e. The number of carbonyl (C=O) groups excluding carboxylic acids is 12. The normalized spacial score (nSPS) is 21.8. The third-order valence-electron chi connectivity index (χ3n) is 14.9. The van der Waals surface area contributed by atoms with Crippen LogP contribution in [-0.4, -0.2) is 174 Å². The van der Waals surface area contributed by atoms with E-state index in [4.69, 9.17) is 10.5 Å². The first kappa shape index (κ1) is 70.8. The predicted molar refractivity (Wildman–Crippen MR) is 300 cm³/mol. The molecule has 16 atom stereocenters. The predicted octanol–water partition coefficient (Wildman–Crippen LogP) is -2.92. The molecule has 1 saturated heterocycles. The van der Waals surface area contributed by atoms with Gasteiger partial charge in [0.05, 0.1) is 19.3 Å². The Morgan fingerprint density at radius 2 is 0.976 bits per heavy atom. The van der Waals surface area contributed by atoms with Crippen molar-refractivity contribution in [1.82, 2.24) is 58.5 Å². The minimum absolute atomic E-state index is 0.265. The van der Waals surface area contributed by atoms with Gasteiger partial charge in [-0.05, 0) is 69.9 Å². The monoisotopic (exact) mass is 1160 g/mol. The Morgan fingerprint density at radius 3 is 1.43 bits per heavy atom. The zero-order valence-electron chi connectivity index (χ0n) is 49.3. The molecular formula is C55H90N12O15. The lowest BCUT2D eigenvalue weighted by molar-refractivity contribution is -0.157. The van der Waals surface area contributed by atoms with Crippen molar-refractivity contribution in [3.05, 3.63) is 35.9 Å². The number of cyclic esters (lactones) is 1. The van der Waals surface area contributed by atoms with Gasteiger partial charge in [-0.3, -0.25) is 52.7 Å². The topological polar surface area (TPSA) is 413 Å². The molecule has 0 saturated carbocycles. The van der Waals surface area contributed by atoms with Gasteiger partial charge in [-0.15, -0.1) is 0 Å². The fraction of sp³-hybridized carbons (Fsp3) is 0.673. The summed E-state index contributed by atoms with van der Waals surface area (Å²) >= 11 is 0. The number of benzene rings is 1. The first-order valence-electron chi connectivity index (χ1n) is 28.1. The molecule has 27 heteroatoms. The summed E-state index contributed by atoms with van der Waals surface area (Å²) in [4.78, 5) is 163. The number of amides is 11. The Bertz CT molecular complexity index is 2360. The van der Waals surface area contributed by atoms with E-state index in [0.717, 1.165) is 5.56 Å². The van der Waals surface area contributed by atoms with Crippen molar-refractivity contribution in [3.8, 4) is 0 Å². The third kappa shape index (κ3) is 21.6. The van der Waals surface area contributed by atoms with Gasteiger partial charge in [0.2, 0.25) is 65.0 Å². The molecule has 1 aliphatic heterocycles. The standard InChI is InChI=1S/C55H90N12O15/c1-13-27(5)40(64-48(74)36(57-12)24-34-20-18-17-19-21-34)51(77)61-37(25-68)49(75)60-35(22-23-39(56)70)47(73)63-42(29(7)15-3)53(79)65-41(28(6)14-2)52(78)62-38(26-69)50(76)67-44-33(11)82-55(81)43(30(8)16-4)66-46(72)32(10)58-45(71)31(9)59-54(44)80/h17-21,27-33,35-38,40-44,57,68-69H,13-16,22-26H2,1-12H3,(H2,56,70)(H,58,71)(H,59,80)(H,60,75)(H,61,77)(H,62,78)(H,63,73)(H,64,74)(H,65,79)(H,66,72)(H,67,76)/t27-,28-,29-,30-,31-,32-,33-,35+,36+,37-,38-,40-,41-,42+,43-,44+/m0/s1. The summed E-state index contributed by atoms with van der Waals surface area (Å²) in [6.45, 7) is 15.5. The lowest BCUT2D eigenvalue weighted by Gasteiger charge is -2.31. The molecule has 460 valence electrons. The number of aliphatic hydroxyl groups excluding tert-OH is 2. The van der Waals surface area contributed by atoms with Crippen LogP contribution in [0.25, 0.3) is 0 Å². The molecule has 0 aliphatic carbocycles. The number of esters is 1. The van der Waals surface area contributed by atoms with Gasteiger partial charge in [0, 0.05) is 6.42 Å². The van der Waals surface area contributed by atoms with Gasteiger partial charge in [0.25, 0.3) is 0 Å². The fourth-order valence-electron chi connectivity index (χ4n) is 8.47. The quantitative estimate of drug-likeness (QED) is 0.0343. The average molecular weight is 1160 g/mol. The zero-order valence-corrected chi connectivity index (χ0v) is 49.3. The number of rotatable bonds is 30. The van der Waals surface area contributed by atoms with E-state index < -0.39 is 193 Å². The number of carbonyl (C=O) groups is 12. The number of hydrogen-bond acceptors (Lipinski definition) is 16. The van der Waals surface area contributed by atoms with Crippen LogP contribution in [0.15, 0.2) is 30.3 Å². The number of hydrogen-bond donors (Lipinski definition) is 14. The van der Waals surface area contributed by atoms with Crippen LogP contribution in [0.4, 0.5) is 0 Å².